The normalized spacial score (nSPS) is 11.5. The summed E-state index contributed by atoms with van der Waals surface area (Å²) in [7, 11) is 0. The van der Waals surface area contributed by atoms with E-state index >= 15 is 0 Å². The number of nitrogens with zero attached hydrogens (tertiary/aromatic N) is 2. The van der Waals surface area contributed by atoms with Crippen LogP contribution >= 0.6 is 35.3 Å². The van der Waals surface area contributed by atoms with Gasteiger partial charge in [0.25, 0.3) is 0 Å². The number of hydrogen-bond donors (Lipinski definition) is 2. The maximum absolute atomic E-state index is 5.60. The molecule has 0 aliphatic heterocycles. The Morgan fingerprint density at radius 3 is 2.58 bits per heavy atom. The first-order chi connectivity index (χ1) is 11.0. The zero-order valence-electron chi connectivity index (χ0n) is 15.6. The van der Waals surface area contributed by atoms with Crippen LogP contribution in [0.2, 0.25) is 0 Å². The van der Waals surface area contributed by atoms with Gasteiger partial charge >= 0.3 is 0 Å². The highest BCUT2D eigenvalue weighted by molar-refractivity contribution is 14.0. The minimum Gasteiger partial charge on any atom is -0.380 e. The third kappa shape index (κ3) is 10.5. The Balaban J connectivity index is 0.00000529. The molecule has 2 N–H and O–H groups in total. The molecule has 0 bridgehead atoms. The molecule has 0 radical (unpaired) electrons. The fraction of sp³-hybridized carbons (Fsp3) is 0.765. The lowest BCUT2D eigenvalue weighted by molar-refractivity contribution is 0.130. The molecule has 1 aromatic rings. The summed E-state index contributed by atoms with van der Waals surface area (Å²) < 4.78 is 5.60. The molecule has 0 amide bonds. The monoisotopic (exact) mass is 468 g/mol. The van der Waals surface area contributed by atoms with Crippen molar-refractivity contribution < 1.29 is 4.74 Å². The van der Waals surface area contributed by atoms with Gasteiger partial charge in [-0.25, -0.2) is 4.98 Å². The van der Waals surface area contributed by atoms with Gasteiger partial charge in [-0.05, 0) is 33.1 Å². The van der Waals surface area contributed by atoms with Gasteiger partial charge in [0, 0.05) is 31.0 Å². The summed E-state index contributed by atoms with van der Waals surface area (Å²) in [5, 5.41) is 7.78. The highest BCUT2D eigenvalue weighted by Crippen LogP contribution is 2.16. The molecule has 0 aromatic carbocycles. The predicted molar refractivity (Wildman–Crippen MR) is 115 cm³/mol. The minimum atomic E-state index is 0. The van der Waals surface area contributed by atoms with Crippen molar-refractivity contribution in [1.29, 1.82) is 0 Å². The van der Waals surface area contributed by atoms with Crippen molar-refractivity contribution >= 4 is 41.3 Å². The summed E-state index contributed by atoms with van der Waals surface area (Å²) in [4.78, 5) is 10.4. The van der Waals surface area contributed by atoms with E-state index in [2.05, 4.69) is 55.2 Å². The van der Waals surface area contributed by atoms with Gasteiger partial charge in [0.1, 0.15) is 0 Å². The van der Waals surface area contributed by atoms with Crippen LogP contribution in [0.1, 0.15) is 42.8 Å². The Morgan fingerprint density at radius 1 is 1.25 bits per heavy atom. The molecule has 0 fully saturated rings. The molecule has 5 nitrogen and oxygen atoms in total. The summed E-state index contributed by atoms with van der Waals surface area (Å²) in [6.45, 7) is 14.5. The first-order valence-corrected chi connectivity index (χ1v) is 9.37. The van der Waals surface area contributed by atoms with E-state index in [-0.39, 0.29) is 24.0 Å². The zero-order valence-corrected chi connectivity index (χ0v) is 18.8. The third-order valence-corrected chi connectivity index (χ3v) is 4.47. The Morgan fingerprint density at radius 2 is 2.00 bits per heavy atom. The van der Waals surface area contributed by atoms with Crippen LogP contribution in [0.5, 0.6) is 0 Å². The summed E-state index contributed by atoms with van der Waals surface area (Å²) in [6.07, 6.45) is 2.09. The number of halogens is 1. The summed E-state index contributed by atoms with van der Waals surface area (Å²) in [5.41, 5.74) is 1.15. The second kappa shape index (κ2) is 13.8. The van der Waals surface area contributed by atoms with Crippen molar-refractivity contribution in [1.82, 2.24) is 15.6 Å². The molecular formula is C17H33IN4OS. The van der Waals surface area contributed by atoms with E-state index in [1.165, 1.54) is 4.88 Å². The maximum Gasteiger partial charge on any atom is 0.191 e. The predicted octanol–water partition coefficient (Wildman–Crippen LogP) is 3.54. The van der Waals surface area contributed by atoms with Crippen LogP contribution in [0.4, 0.5) is 0 Å². The summed E-state index contributed by atoms with van der Waals surface area (Å²) in [6, 6.07) is 0. The Kier molecular flexibility index (Phi) is 13.6. The Hall–Kier alpha value is -0.410. The van der Waals surface area contributed by atoms with Gasteiger partial charge in [-0.1, -0.05) is 13.8 Å². The first-order valence-electron chi connectivity index (χ1n) is 8.55. The van der Waals surface area contributed by atoms with E-state index in [1.807, 2.05) is 0 Å². The van der Waals surface area contributed by atoms with Crippen LogP contribution in [0.3, 0.4) is 0 Å². The molecule has 0 unspecified atom stereocenters. The van der Waals surface area contributed by atoms with Crippen LogP contribution in [0.15, 0.2) is 4.99 Å². The second-order valence-electron chi connectivity index (χ2n) is 5.97. The molecule has 0 aliphatic carbocycles. The quantitative estimate of drug-likeness (QED) is 0.239. The topological polar surface area (TPSA) is 58.5 Å². The number of thiazole rings is 1. The Labute approximate surface area is 168 Å². The van der Waals surface area contributed by atoms with Crippen molar-refractivity contribution in [3.8, 4) is 0 Å². The number of aliphatic imine (C=N–C) groups is 1. The molecule has 1 rings (SSSR count). The van der Waals surface area contributed by atoms with E-state index in [4.69, 9.17) is 4.74 Å². The van der Waals surface area contributed by atoms with Crippen LogP contribution < -0.4 is 10.6 Å². The van der Waals surface area contributed by atoms with E-state index < -0.39 is 0 Å². The van der Waals surface area contributed by atoms with E-state index in [1.54, 1.807) is 11.3 Å². The first kappa shape index (κ1) is 23.6. The number of rotatable bonds is 10. The number of aromatic nitrogens is 1. The standard InChI is InChI=1S/C17H32N4OS.HI/c1-6-18-17(20-10-12-22-11-8-13(2)3)19-9-7-16-14(4)21-15(5)23-16;/h13H,6-12H2,1-5H3,(H2,18,19,20);1H. The maximum atomic E-state index is 5.60. The van der Waals surface area contributed by atoms with Gasteiger partial charge < -0.3 is 15.4 Å². The van der Waals surface area contributed by atoms with Crippen LogP contribution in [0, 0.1) is 19.8 Å². The molecule has 0 saturated carbocycles. The number of aryl methyl sites for hydroxylation is 2. The van der Waals surface area contributed by atoms with Gasteiger partial charge in [-0.2, -0.15) is 0 Å². The second-order valence-corrected chi connectivity index (χ2v) is 7.26. The van der Waals surface area contributed by atoms with Gasteiger partial charge in [-0.15, -0.1) is 35.3 Å². The Bertz CT molecular complexity index is 477. The van der Waals surface area contributed by atoms with Gasteiger partial charge in [0.15, 0.2) is 5.96 Å². The van der Waals surface area contributed by atoms with Crippen molar-refractivity contribution in [2.45, 2.75) is 47.5 Å². The fourth-order valence-electron chi connectivity index (χ4n) is 2.08. The lowest BCUT2D eigenvalue weighted by atomic mass is 10.1. The molecule has 1 heterocycles. The molecule has 0 atom stereocenters. The number of ether oxygens (including phenoxy) is 1. The minimum absolute atomic E-state index is 0. The van der Waals surface area contributed by atoms with Gasteiger partial charge in [-0.3, -0.25) is 4.99 Å². The van der Waals surface area contributed by atoms with Crippen LogP contribution in [-0.2, 0) is 11.2 Å². The molecular weight excluding hydrogens is 435 g/mol. The highest BCUT2D eigenvalue weighted by atomic mass is 127. The molecule has 0 saturated heterocycles. The van der Waals surface area contributed by atoms with Crippen molar-refractivity contribution in [3.05, 3.63) is 15.6 Å². The smallest absolute Gasteiger partial charge is 0.191 e. The summed E-state index contributed by atoms with van der Waals surface area (Å²) in [5.74, 6) is 1.55. The summed E-state index contributed by atoms with van der Waals surface area (Å²) >= 11 is 1.78. The van der Waals surface area contributed by atoms with Crippen molar-refractivity contribution in [3.63, 3.8) is 0 Å². The average Bonchev–Trinajstić information content (AvgIpc) is 2.80. The number of nitrogens with one attached hydrogen (secondary N) is 2. The highest BCUT2D eigenvalue weighted by Gasteiger charge is 2.05. The van der Waals surface area contributed by atoms with Crippen molar-refractivity contribution in [2.75, 3.05) is 32.8 Å². The van der Waals surface area contributed by atoms with E-state index in [0.717, 1.165) is 49.2 Å². The molecule has 140 valence electrons. The average molecular weight is 468 g/mol. The molecule has 24 heavy (non-hydrogen) atoms. The number of hydrogen-bond acceptors (Lipinski definition) is 4. The number of guanidine groups is 1. The fourth-order valence-corrected chi connectivity index (χ4v) is 3.02. The molecule has 0 aliphatic rings. The lowest BCUT2D eigenvalue weighted by Crippen LogP contribution is -2.38. The SMILES string of the molecule is CCNC(=NCCOCCC(C)C)NCCc1sc(C)nc1C.I. The molecule has 0 spiro atoms. The van der Waals surface area contributed by atoms with E-state index in [0.29, 0.717) is 19.1 Å². The third-order valence-electron chi connectivity index (χ3n) is 3.33. The van der Waals surface area contributed by atoms with Gasteiger partial charge in [0.2, 0.25) is 0 Å². The van der Waals surface area contributed by atoms with E-state index in [9.17, 15) is 0 Å². The lowest BCUT2D eigenvalue weighted by Gasteiger charge is -2.11. The van der Waals surface area contributed by atoms with Gasteiger partial charge in [0.05, 0.1) is 23.9 Å². The van der Waals surface area contributed by atoms with Crippen molar-refractivity contribution in [2.24, 2.45) is 10.9 Å². The molecule has 1 aromatic heterocycles. The molecule has 7 heteroatoms. The largest absolute Gasteiger partial charge is 0.380 e. The van der Waals surface area contributed by atoms with Crippen LogP contribution in [-0.4, -0.2) is 43.8 Å². The zero-order chi connectivity index (χ0) is 17.1. The van der Waals surface area contributed by atoms with Crippen LogP contribution in [0.25, 0.3) is 0 Å².